The lowest BCUT2D eigenvalue weighted by Crippen LogP contribution is -2.20. The Morgan fingerprint density at radius 1 is 1.50 bits per heavy atom. The lowest BCUT2D eigenvalue weighted by molar-refractivity contribution is 0.250. The van der Waals surface area contributed by atoms with Crippen molar-refractivity contribution in [2.24, 2.45) is 5.92 Å². The largest absolute Gasteiger partial charge is 0.491 e. The molecule has 0 saturated carbocycles. The fourth-order valence-corrected chi connectivity index (χ4v) is 3.09. The number of rotatable bonds is 7. The van der Waals surface area contributed by atoms with Gasteiger partial charge in [-0.1, -0.05) is 13.3 Å². The number of hydrogen-bond donors (Lipinski definition) is 0. The zero-order valence-electron chi connectivity index (χ0n) is 10.6. The summed E-state index contributed by atoms with van der Waals surface area (Å²) >= 11 is 0. The molecule has 0 bridgehead atoms. The van der Waals surface area contributed by atoms with Crippen LogP contribution in [-0.2, 0) is 9.05 Å². The van der Waals surface area contributed by atoms with Crippen molar-refractivity contribution in [1.29, 1.82) is 0 Å². The SMILES string of the molecule is CCCC(COc1cccnc1C)CS(=O)(=O)Cl. The van der Waals surface area contributed by atoms with Gasteiger partial charge in [-0.25, -0.2) is 8.42 Å². The Morgan fingerprint density at radius 2 is 2.22 bits per heavy atom. The monoisotopic (exact) mass is 291 g/mol. The molecule has 1 aromatic rings. The predicted molar refractivity (Wildman–Crippen MR) is 72.5 cm³/mol. The van der Waals surface area contributed by atoms with E-state index in [4.69, 9.17) is 15.4 Å². The zero-order chi connectivity index (χ0) is 13.6. The minimum atomic E-state index is -3.48. The summed E-state index contributed by atoms with van der Waals surface area (Å²) in [6, 6.07) is 3.61. The van der Waals surface area contributed by atoms with Gasteiger partial charge in [0.05, 0.1) is 18.1 Å². The summed E-state index contributed by atoms with van der Waals surface area (Å²) in [5, 5.41) is 0. The summed E-state index contributed by atoms with van der Waals surface area (Å²) in [5.41, 5.74) is 0.793. The van der Waals surface area contributed by atoms with Crippen molar-refractivity contribution in [3.8, 4) is 5.75 Å². The van der Waals surface area contributed by atoms with E-state index in [0.717, 1.165) is 18.5 Å². The third kappa shape index (κ3) is 5.69. The maximum atomic E-state index is 11.1. The topological polar surface area (TPSA) is 56.3 Å². The smallest absolute Gasteiger partial charge is 0.232 e. The van der Waals surface area contributed by atoms with Crippen LogP contribution in [0, 0.1) is 12.8 Å². The number of aryl methyl sites for hydroxylation is 1. The van der Waals surface area contributed by atoms with E-state index in [9.17, 15) is 8.42 Å². The van der Waals surface area contributed by atoms with E-state index in [1.54, 1.807) is 12.3 Å². The van der Waals surface area contributed by atoms with E-state index >= 15 is 0 Å². The number of halogens is 1. The van der Waals surface area contributed by atoms with Crippen LogP contribution in [0.5, 0.6) is 5.75 Å². The molecule has 4 nitrogen and oxygen atoms in total. The van der Waals surface area contributed by atoms with Crippen molar-refractivity contribution in [2.75, 3.05) is 12.4 Å². The highest BCUT2D eigenvalue weighted by Gasteiger charge is 2.17. The van der Waals surface area contributed by atoms with Crippen molar-refractivity contribution >= 4 is 19.7 Å². The van der Waals surface area contributed by atoms with E-state index < -0.39 is 9.05 Å². The fourth-order valence-electron chi connectivity index (χ4n) is 1.73. The molecule has 0 N–H and O–H groups in total. The lowest BCUT2D eigenvalue weighted by Gasteiger charge is -2.16. The molecule has 0 aliphatic heterocycles. The third-order valence-corrected chi connectivity index (χ3v) is 3.81. The van der Waals surface area contributed by atoms with Crippen molar-refractivity contribution in [3.05, 3.63) is 24.0 Å². The molecule has 1 atom stereocenters. The van der Waals surface area contributed by atoms with Crippen LogP contribution in [0.4, 0.5) is 0 Å². The van der Waals surface area contributed by atoms with Gasteiger partial charge in [0.25, 0.3) is 0 Å². The number of hydrogen-bond acceptors (Lipinski definition) is 4. The molecule has 0 amide bonds. The Labute approximate surface area is 113 Å². The van der Waals surface area contributed by atoms with E-state index in [1.807, 2.05) is 19.9 Å². The molecule has 0 aliphatic carbocycles. The average Bonchev–Trinajstić information content (AvgIpc) is 2.26. The van der Waals surface area contributed by atoms with Crippen molar-refractivity contribution in [3.63, 3.8) is 0 Å². The number of ether oxygens (including phenoxy) is 1. The molecule has 0 aromatic carbocycles. The van der Waals surface area contributed by atoms with Crippen LogP contribution >= 0.6 is 10.7 Å². The van der Waals surface area contributed by atoms with Gasteiger partial charge in [-0.2, -0.15) is 0 Å². The van der Waals surface area contributed by atoms with Crippen LogP contribution in [0.3, 0.4) is 0 Å². The Kier molecular flexibility index (Phi) is 5.88. The highest BCUT2D eigenvalue weighted by atomic mass is 35.7. The molecule has 1 rings (SSSR count). The van der Waals surface area contributed by atoms with Crippen molar-refractivity contribution in [1.82, 2.24) is 4.98 Å². The molecular formula is C12H18ClNO3S. The highest BCUT2D eigenvalue weighted by Crippen LogP contribution is 2.18. The van der Waals surface area contributed by atoms with Crippen molar-refractivity contribution < 1.29 is 13.2 Å². The first-order valence-corrected chi connectivity index (χ1v) is 8.37. The predicted octanol–water partition coefficient (Wildman–Crippen LogP) is 2.75. The molecule has 1 heterocycles. The summed E-state index contributed by atoms with van der Waals surface area (Å²) < 4.78 is 27.8. The molecule has 0 radical (unpaired) electrons. The lowest BCUT2D eigenvalue weighted by atomic mass is 10.1. The van der Waals surface area contributed by atoms with E-state index in [0.29, 0.717) is 12.4 Å². The van der Waals surface area contributed by atoms with Crippen molar-refractivity contribution in [2.45, 2.75) is 26.7 Å². The second-order valence-corrected chi connectivity index (χ2v) is 7.08. The first-order valence-electron chi connectivity index (χ1n) is 5.89. The number of aromatic nitrogens is 1. The van der Waals surface area contributed by atoms with Gasteiger partial charge >= 0.3 is 0 Å². The van der Waals surface area contributed by atoms with Gasteiger partial charge in [-0.05, 0) is 25.5 Å². The highest BCUT2D eigenvalue weighted by molar-refractivity contribution is 8.13. The molecule has 102 valence electrons. The third-order valence-electron chi connectivity index (χ3n) is 2.56. The zero-order valence-corrected chi connectivity index (χ0v) is 12.2. The molecular weight excluding hydrogens is 274 g/mol. The molecule has 1 unspecified atom stereocenters. The summed E-state index contributed by atoms with van der Waals surface area (Å²) in [6.45, 7) is 4.19. The summed E-state index contributed by atoms with van der Waals surface area (Å²) in [4.78, 5) is 4.11. The maximum absolute atomic E-state index is 11.1. The van der Waals surface area contributed by atoms with E-state index in [1.165, 1.54) is 0 Å². The van der Waals surface area contributed by atoms with Crippen LogP contribution < -0.4 is 4.74 Å². The first kappa shape index (κ1) is 15.2. The maximum Gasteiger partial charge on any atom is 0.232 e. The van der Waals surface area contributed by atoms with Crippen LogP contribution in [0.15, 0.2) is 18.3 Å². The molecule has 6 heteroatoms. The van der Waals surface area contributed by atoms with Crippen LogP contribution in [0.25, 0.3) is 0 Å². The normalized spacial score (nSPS) is 13.3. The van der Waals surface area contributed by atoms with Gasteiger partial charge in [0.15, 0.2) is 0 Å². The molecule has 18 heavy (non-hydrogen) atoms. The van der Waals surface area contributed by atoms with Gasteiger partial charge in [0, 0.05) is 22.8 Å². The second kappa shape index (κ2) is 6.95. The average molecular weight is 292 g/mol. The molecule has 0 aliphatic rings. The molecule has 0 saturated heterocycles. The molecule has 1 aromatic heterocycles. The molecule has 0 fully saturated rings. The summed E-state index contributed by atoms with van der Waals surface area (Å²) in [5.74, 6) is 0.546. The number of nitrogens with zero attached hydrogens (tertiary/aromatic N) is 1. The van der Waals surface area contributed by atoms with Crippen LogP contribution in [0.1, 0.15) is 25.5 Å². The standard InChI is InChI=1S/C12H18ClNO3S/c1-3-5-11(9-18(13,15)16)8-17-12-6-4-7-14-10(12)2/h4,6-7,11H,3,5,8-9H2,1-2H3. The summed E-state index contributed by atoms with van der Waals surface area (Å²) in [6.07, 6.45) is 3.35. The van der Waals surface area contributed by atoms with Gasteiger partial charge in [0.1, 0.15) is 5.75 Å². The van der Waals surface area contributed by atoms with Gasteiger partial charge in [-0.3, -0.25) is 4.98 Å². The Hall–Kier alpha value is -0.810. The first-order chi connectivity index (χ1) is 8.42. The Bertz CT molecular complexity index is 476. The quantitative estimate of drug-likeness (QED) is 0.725. The van der Waals surface area contributed by atoms with Gasteiger partial charge in [0.2, 0.25) is 9.05 Å². The Morgan fingerprint density at radius 3 is 2.78 bits per heavy atom. The molecule has 0 spiro atoms. The van der Waals surface area contributed by atoms with E-state index in [-0.39, 0.29) is 11.7 Å². The van der Waals surface area contributed by atoms with E-state index in [2.05, 4.69) is 4.98 Å². The van der Waals surface area contributed by atoms with Crippen LogP contribution in [-0.4, -0.2) is 25.8 Å². The minimum absolute atomic E-state index is 0.0539. The number of pyridine rings is 1. The van der Waals surface area contributed by atoms with Gasteiger partial charge < -0.3 is 4.74 Å². The minimum Gasteiger partial charge on any atom is -0.491 e. The second-order valence-electron chi connectivity index (χ2n) is 4.26. The summed E-state index contributed by atoms with van der Waals surface area (Å²) in [7, 11) is 1.80. The van der Waals surface area contributed by atoms with Crippen LogP contribution in [0.2, 0.25) is 0 Å². The fraction of sp³-hybridized carbons (Fsp3) is 0.583. The Balaban J connectivity index is 2.60. The van der Waals surface area contributed by atoms with Gasteiger partial charge in [-0.15, -0.1) is 0 Å².